The topological polar surface area (TPSA) is 54.4 Å². The van der Waals surface area contributed by atoms with Crippen molar-refractivity contribution >= 4 is 11.6 Å². The first-order chi connectivity index (χ1) is 8.53. The van der Waals surface area contributed by atoms with E-state index in [4.69, 9.17) is 0 Å². The van der Waals surface area contributed by atoms with Gasteiger partial charge in [0.25, 0.3) is 0 Å². The third kappa shape index (κ3) is 2.31. The quantitative estimate of drug-likeness (QED) is 0.824. The molecule has 0 spiro atoms. The highest BCUT2D eigenvalue weighted by Crippen LogP contribution is 2.26. The van der Waals surface area contributed by atoms with Gasteiger partial charge in [0.2, 0.25) is 0 Å². The molecule has 1 aliphatic rings. The van der Waals surface area contributed by atoms with Crippen LogP contribution in [0.2, 0.25) is 0 Å². The summed E-state index contributed by atoms with van der Waals surface area (Å²) in [6, 6.07) is 8.81. The Hall–Kier alpha value is -2.00. The van der Waals surface area contributed by atoms with Crippen LogP contribution in [0, 0.1) is 5.92 Å². The number of hydrogen-bond donors (Lipinski definition) is 1. The van der Waals surface area contributed by atoms with Crippen LogP contribution in [0.15, 0.2) is 54.6 Å². The lowest BCUT2D eigenvalue weighted by atomic mass is 9.81. The molecule has 0 bridgehead atoms. The van der Waals surface area contributed by atoms with Crippen LogP contribution in [0.25, 0.3) is 0 Å². The Morgan fingerprint density at radius 3 is 2.28 bits per heavy atom. The molecule has 1 atom stereocenters. The van der Waals surface area contributed by atoms with Crippen molar-refractivity contribution in [2.45, 2.75) is 12.5 Å². The normalized spacial score (nSPS) is 18.7. The molecule has 1 N–H and O–H groups in total. The van der Waals surface area contributed by atoms with E-state index in [9.17, 15) is 14.7 Å². The van der Waals surface area contributed by atoms with Gasteiger partial charge >= 0.3 is 0 Å². The zero-order valence-corrected chi connectivity index (χ0v) is 10.0. The van der Waals surface area contributed by atoms with Gasteiger partial charge in [-0.15, -0.1) is 0 Å². The molecule has 0 fully saturated rings. The summed E-state index contributed by atoms with van der Waals surface area (Å²) in [6.45, 7) is 1.65. The molecule has 0 saturated heterocycles. The Balaban J connectivity index is 2.25. The van der Waals surface area contributed by atoms with E-state index in [1.807, 2.05) is 6.07 Å². The number of aliphatic hydroxyl groups is 1. The van der Waals surface area contributed by atoms with Crippen molar-refractivity contribution in [1.82, 2.24) is 0 Å². The average Bonchev–Trinajstić information content (AvgIpc) is 2.41. The van der Waals surface area contributed by atoms with Crippen molar-refractivity contribution in [3.8, 4) is 0 Å². The SMILES string of the molecule is CC(C(=O)c1ccccc1)C1(O)C=CC(=O)C=C1. The lowest BCUT2D eigenvalue weighted by molar-refractivity contribution is -0.110. The molecule has 1 aromatic carbocycles. The lowest BCUT2D eigenvalue weighted by Crippen LogP contribution is -2.38. The number of ketones is 2. The molecule has 0 aliphatic heterocycles. The minimum Gasteiger partial charge on any atom is -0.381 e. The molecule has 0 saturated carbocycles. The van der Waals surface area contributed by atoms with Crippen LogP contribution >= 0.6 is 0 Å². The highest BCUT2D eigenvalue weighted by Gasteiger charge is 2.35. The fourth-order valence-electron chi connectivity index (χ4n) is 1.89. The summed E-state index contributed by atoms with van der Waals surface area (Å²) in [5.74, 6) is -0.971. The van der Waals surface area contributed by atoms with Crippen LogP contribution in [0.4, 0.5) is 0 Å². The molecule has 0 heterocycles. The number of carbonyl (C=O) groups is 2. The summed E-state index contributed by atoms with van der Waals surface area (Å²) in [6.07, 6.45) is 5.32. The molecule has 1 aliphatic carbocycles. The van der Waals surface area contributed by atoms with E-state index < -0.39 is 11.5 Å². The lowest BCUT2D eigenvalue weighted by Gasteiger charge is -2.28. The Morgan fingerprint density at radius 1 is 1.17 bits per heavy atom. The molecule has 1 unspecified atom stereocenters. The summed E-state index contributed by atoms with van der Waals surface area (Å²) >= 11 is 0. The smallest absolute Gasteiger partial charge is 0.178 e. The van der Waals surface area contributed by atoms with Gasteiger partial charge in [0, 0.05) is 5.56 Å². The van der Waals surface area contributed by atoms with Gasteiger partial charge in [-0.1, -0.05) is 37.3 Å². The Morgan fingerprint density at radius 2 is 1.72 bits per heavy atom. The summed E-state index contributed by atoms with van der Waals surface area (Å²) < 4.78 is 0. The number of benzene rings is 1. The monoisotopic (exact) mass is 242 g/mol. The standard InChI is InChI=1S/C15H14O3/c1-11(14(17)12-5-3-2-4-6-12)15(18)9-7-13(16)8-10-15/h2-11,18H,1H3. The van der Waals surface area contributed by atoms with Crippen LogP contribution in [0.5, 0.6) is 0 Å². The van der Waals surface area contributed by atoms with Gasteiger partial charge in [-0.3, -0.25) is 9.59 Å². The van der Waals surface area contributed by atoms with Gasteiger partial charge in [0.15, 0.2) is 11.6 Å². The Labute approximate surface area is 105 Å². The van der Waals surface area contributed by atoms with E-state index in [0.717, 1.165) is 0 Å². The minimum absolute atomic E-state index is 0.151. The molecule has 1 aromatic rings. The maximum absolute atomic E-state index is 12.2. The van der Waals surface area contributed by atoms with Gasteiger partial charge in [0.05, 0.1) is 5.92 Å². The molecule has 0 radical (unpaired) electrons. The minimum atomic E-state index is -1.39. The second-order valence-electron chi connectivity index (χ2n) is 4.41. The Kier molecular flexibility index (Phi) is 3.26. The van der Waals surface area contributed by atoms with Crippen LogP contribution in [-0.2, 0) is 4.79 Å². The van der Waals surface area contributed by atoms with Crippen molar-refractivity contribution in [2.75, 3.05) is 0 Å². The second kappa shape index (κ2) is 4.70. The summed E-state index contributed by atoms with van der Waals surface area (Å²) in [4.78, 5) is 23.3. The van der Waals surface area contributed by atoms with Crippen molar-refractivity contribution < 1.29 is 14.7 Å². The van der Waals surface area contributed by atoms with E-state index >= 15 is 0 Å². The molecule has 92 valence electrons. The fourth-order valence-corrected chi connectivity index (χ4v) is 1.89. The number of hydrogen-bond acceptors (Lipinski definition) is 3. The number of carbonyl (C=O) groups excluding carboxylic acids is 2. The molecule has 3 heteroatoms. The van der Waals surface area contributed by atoms with Gasteiger partial charge < -0.3 is 5.11 Å². The van der Waals surface area contributed by atoms with E-state index in [1.165, 1.54) is 24.3 Å². The summed E-state index contributed by atoms with van der Waals surface area (Å²) in [5.41, 5.74) is -0.835. The van der Waals surface area contributed by atoms with Gasteiger partial charge in [-0.25, -0.2) is 0 Å². The summed E-state index contributed by atoms with van der Waals surface area (Å²) in [7, 11) is 0. The number of Topliss-reactive ketones (excluding diaryl/α,β-unsaturated/α-hetero) is 1. The van der Waals surface area contributed by atoms with Gasteiger partial charge in [-0.05, 0) is 24.3 Å². The predicted octanol–water partition coefficient (Wildman–Crippen LogP) is 1.93. The van der Waals surface area contributed by atoms with Crippen LogP contribution < -0.4 is 0 Å². The van der Waals surface area contributed by atoms with Crippen molar-refractivity contribution in [3.05, 3.63) is 60.2 Å². The molecular formula is C15H14O3. The molecule has 2 rings (SSSR count). The maximum Gasteiger partial charge on any atom is 0.178 e. The molecular weight excluding hydrogens is 228 g/mol. The van der Waals surface area contributed by atoms with Crippen molar-refractivity contribution in [2.24, 2.45) is 5.92 Å². The number of allylic oxidation sites excluding steroid dienone is 2. The molecule has 3 nitrogen and oxygen atoms in total. The average molecular weight is 242 g/mol. The van der Waals surface area contributed by atoms with Crippen LogP contribution in [0.1, 0.15) is 17.3 Å². The van der Waals surface area contributed by atoms with E-state index in [2.05, 4.69) is 0 Å². The highest BCUT2D eigenvalue weighted by atomic mass is 16.3. The first kappa shape index (κ1) is 12.5. The van der Waals surface area contributed by atoms with Gasteiger partial charge in [0.1, 0.15) is 5.60 Å². The molecule has 0 aromatic heterocycles. The number of rotatable bonds is 3. The third-order valence-electron chi connectivity index (χ3n) is 3.17. The zero-order valence-electron chi connectivity index (χ0n) is 10.0. The van der Waals surface area contributed by atoms with Crippen molar-refractivity contribution in [1.29, 1.82) is 0 Å². The second-order valence-corrected chi connectivity index (χ2v) is 4.41. The largest absolute Gasteiger partial charge is 0.381 e. The third-order valence-corrected chi connectivity index (χ3v) is 3.17. The zero-order chi connectivity index (χ0) is 13.2. The Bertz CT molecular complexity index is 510. The van der Waals surface area contributed by atoms with E-state index in [-0.39, 0.29) is 11.6 Å². The highest BCUT2D eigenvalue weighted by molar-refractivity contribution is 6.02. The van der Waals surface area contributed by atoms with Crippen LogP contribution in [-0.4, -0.2) is 22.3 Å². The first-order valence-electron chi connectivity index (χ1n) is 5.77. The fraction of sp³-hybridized carbons (Fsp3) is 0.200. The van der Waals surface area contributed by atoms with E-state index in [0.29, 0.717) is 5.56 Å². The van der Waals surface area contributed by atoms with Crippen LogP contribution in [0.3, 0.4) is 0 Å². The van der Waals surface area contributed by atoms with E-state index in [1.54, 1.807) is 31.2 Å². The van der Waals surface area contributed by atoms with Gasteiger partial charge in [-0.2, -0.15) is 0 Å². The first-order valence-corrected chi connectivity index (χ1v) is 5.77. The predicted molar refractivity (Wildman–Crippen MR) is 68.2 cm³/mol. The summed E-state index contributed by atoms with van der Waals surface area (Å²) in [5, 5.41) is 10.3. The van der Waals surface area contributed by atoms with Crippen molar-refractivity contribution in [3.63, 3.8) is 0 Å². The maximum atomic E-state index is 12.2. The molecule has 18 heavy (non-hydrogen) atoms. The molecule has 0 amide bonds.